The Labute approximate surface area is 249 Å². The number of nitrogens with zero attached hydrogens (tertiary/aromatic N) is 2. The van der Waals surface area contributed by atoms with Gasteiger partial charge in [0.1, 0.15) is 23.1 Å². The Morgan fingerprint density at radius 1 is 0.907 bits per heavy atom. The average molecular weight is 584 g/mol. The number of carbonyl (C=O) groups excluding carboxylic acids is 3. The molecular formula is C34H34FN3O5. The maximum absolute atomic E-state index is 13.2. The van der Waals surface area contributed by atoms with E-state index in [0.717, 1.165) is 5.56 Å². The van der Waals surface area contributed by atoms with Gasteiger partial charge in [-0.15, -0.1) is 0 Å². The van der Waals surface area contributed by atoms with E-state index in [0.29, 0.717) is 65.2 Å². The molecule has 222 valence electrons. The van der Waals surface area contributed by atoms with Crippen LogP contribution in [0.2, 0.25) is 0 Å². The van der Waals surface area contributed by atoms with E-state index in [4.69, 9.17) is 9.47 Å². The Hall–Kier alpha value is -4.63. The molecule has 0 atom stereocenters. The van der Waals surface area contributed by atoms with Gasteiger partial charge in [0.15, 0.2) is 11.6 Å². The number of hydrogen-bond acceptors (Lipinski definition) is 7. The number of Topliss-reactive ketones (excluding diaryl/α,β-unsaturated/α-hetero) is 2. The van der Waals surface area contributed by atoms with Crippen molar-refractivity contribution in [1.82, 2.24) is 15.2 Å². The number of carbonyl (C=O) groups is 3. The van der Waals surface area contributed by atoms with Crippen molar-refractivity contribution in [2.45, 2.75) is 25.7 Å². The Bertz CT molecular complexity index is 1650. The zero-order valence-corrected chi connectivity index (χ0v) is 24.5. The predicted octanol–water partition coefficient (Wildman–Crippen LogP) is 5.17. The van der Waals surface area contributed by atoms with E-state index in [9.17, 15) is 18.8 Å². The van der Waals surface area contributed by atoms with E-state index in [2.05, 4.69) is 10.3 Å². The highest BCUT2D eigenvalue weighted by atomic mass is 19.1. The van der Waals surface area contributed by atoms with Crippen molar-refractivity contribution in [3.05, 3.63) is 95.4 Å². The van der Waals surface area contributed by atoms with Crippen molar-refractivity contribution in [1.29, 1.82) is 0 Å². The predicted molar refractivity (Wildman–Crippen MR) is 161 cm³/mol. The summed E-state index contributed by atoms with van der Waals surface area (Å²) in [6.45, 7) is 1.19. The Morgan fingerprint density at radius 3 is 2.12 bits per heavy atom. The van der Waals surface area contributed by atoms with E-state index < -0.39 is 5.41 Å². The summed E-state index contributed by atoms with van der Waals surface area (Å²) in [6.07, 6.45) is 2.97. The zero-order chi connectivity index (χ0) is 30.6. The van der Waals surface area contributed by atoms with E-state index in [1.54, 1.807) is 48.7 Å². The number of ketones is 2. The molecular weight excluding hydrogens is 549 g/mol. The summed E-state index contributed by atoms with van der Waals surface area (Å²) in [4.78, 5) is 45.5. The first-order valence-corrected chi connectivity index (χ1v) is 14.2. The number of rotatable bonds is 13. The molecule has 9 heteroatoms. The molecule has 1 aliphatic rings. The van der Waals surface area contributed by atoms with Crippen LogP contribution in [0.1, 0.15) is 34.3 Å². The van der Waals surface area contributed by atoms with E-state index in [-0.39, 0.29) is 36.1 Å². The molecule has 1 heterocycles. The second-order valence-electron chi connectivity index (χ2n) is 11.1. The highest BCUT2D eigenvalue weighted by Crippen LogP contribution is 2.49. The summed E-state index contributed by atoms with van der Waals surface area (Å²) in [5.41, 5.74) is 1.52. The third kappa shape index (κ3) is 6.89. The minimum Gasteiger partial charge on any atom is -0.496 e. The van der Waals surface area contributed by atoms with Crippen LogP contribution in [0, 0.1) is 11.2 Å². The van der Waals surface area contributed by atoms with Crippen molar-refractivity contribution in [2.75, 3.05) is 34.3 Å². The number of pyridine rings is 1. The molecule has 5 rings (SSSR count). The van der Waals surface area contributed by atoms with Gasteiger partial charge in [-0.05, 0) is 74.5 Å². The number of nitrogens with one attached hydrogen (secondary N) is 1. The van der Waals surface area contributed by atoms with Gasteiger partial charge in [-0.25, -0.2) is 4.39 Å². The van der Waals surface area contributed by atoms with Crippen molar-refractivity contribution in [3.8, 4) is 17.2 Å². The standard InChI is InChI=1S/C34H34FN3O5/c1-38(2)17-16-37-33(41)27-20-26-28(21-30(27)42-3)36-15-12-29(26)43-25-10-6-23(7-11-25)19-32(40)34(13-14-34)31(39)18-22-4-8-24(35)9-5-22/h4-12,15,20-21H,13-14,16-19H2,1-3H3,(H,37,41). The van der Waals surface area contributed by atoms with Crippen LogP contribution in [0.5, 0.6) is 17.2 Å². The lowest BCUT2D eigenvalue weighted by Crippen LogP contribution is -2.31. The molecule has 4 aromatic rings. The van der Waals surface area contributed by atoms with Gasteiger partial charge in [0, 0.05) is 43.6 Å². The number of amides is 1. The number of hydrogen-bond donors (Lipinski definition) is 1. The van der Waals surface area contributed by atoms with E-state index >= 15 is 0 Å². The van der Waals surface area contributed by atoms with Crippen LogP contribution in [0.3, 0.4) is 0 Å². The fraction of sp³-hybridized carbons (Fsp3) is 0.294. The average Bonchev–Trinajstić information content (AvgIpc) is 3.81. The number of benzene rings is 3. The van der Waals surface area contributed by atoms with Crippen LogP contribution in [-0.2, 0) is 22.4 Å². The number of halogens is 1. The van der Waals surface area contributed by atoms with Gasteiger partial charge in [-0.1, -0.05) is 24.3 Å². The maximum atomic E-state index is 13.2. The van der Waals surface area contributed by atoms with Crippen LogP contribution in [0.4, 0.5) is 4.39 Å². The summed E-state index contributed by atoms with van der Waals surface area (Å²) < 4.78 is 24.9. The number of fused-ring (bicyclic) bond motifs is 1. The summed E-state index contributed by atoms with van der Waals surface area (Å²) in [6, 6.07) is 18.1. The third-order valence-electron chi connectivity index (χ3n) is 7.72. The van der Waals surface area contributed by atoms with Crippen LogP contribution < -0.4 is 14.8 Å². The normalized spacial score (nSPS) is 13.5. The molecule has 1 aromatic heterocycles. The quantitative estimate of drug-likeness (QED) is 0.217. The Morgan fingerprint density at radius 2 is 1.53 bits per heavy atom. The third-order valence-corrected chi connectivity index (χ3v) is 7.72. The first-order valence-electron chi connectivity index (χ1n) is 14.2. The molecule has 0 radical (unpaired) electrons. The SMILES string of the molecule is COc1cc2nccc(Oc3ccc(CC(=O)C4(C(=O)Cc5ccc(F)cc5)CC4)cc3)c2cc1C(=O)NCCN(C)C. The molecule has 1 aliphatic carbocycles. The molecule has 8 nitrogen and oxygen atoms in total. The van der Waals surface area contributed by atoms with E-state index in [1.165, 1.54) is 19.2 Å². The van der Waals surface area contributed by atoms with Crippen LogP contribution in [-0.4, -0.2) is 61.7 Å². The van der Waals surface area contributed by atoms with E-state index in [1.807, 2.05) is 31.1 Å². The molecule has 0 saturated heterocycles. The maximum Gasteiger partial charge on any atom is 0.255 e. The van der Waals surface area contributed by atoms with Crippen molar-refractivity contribution in [3.63, 3.8) is 0 Å². The second kappa shape index (κ2) is 12.7. The van der Waals surface area contributed by atoms with Gasteiger partial charge in [0.2, 0.25) is 0 Å². The minimum absolute atomic E-state index is 0.0984. The first kappa shape index (κ1) is 29.8. The number of aromatic nitrogens is 1. The fourth-order valence-corrected chi connectivity index (χ4v) is 5.02. The second-order valence-corrected chi connectivity index (χ2v) is 11.1. The monoisotopic (exact) mass is 583 g/mol. The molecule has 0 unspecified atom stereocenters. The van der Waals surface area contributed by atoms with Gasteiger partial charge in [-0.3, -0.25) is 19.4 Å². The van der Waals surface area contributed by atoms with Crippen molar-refractivity contribution >= 4 is 28.4 Å². The van der Waals surface area contributed by atoms with Gasteiger partial charge in [0.05, 0.1) is 23.6 Å². The highest BCUT2D eigenvalue weighted by Gasteiger charge is 2.54. The molecule has 1 fully saturated rings. The smallest absolute Gasteiger partial charge is 0.255 e. The summed E-state index contributed by atoms with van der Waals surface area (Å²) in [5.74, 6) is 0.649. The number of likely N-dealkylation sites (N-methyl/N-ethyl adjacent to an activating group) is 1. The van der Waals surface area contributed by atoms with Crippen LogP contribution >= 0.6 is 0 Å². The fourth-order valence-electron chi connectivity index (χ4n) is 5.02. The summed E-state index contributed by atoms with van der Waals surface area (Å²) >= 11 is 0. The molecule has 0 bridgehead atoms. The number of methoxy groups -OCH3 is 1. The van der Waals surface area contributed by atoms with Crippen molar-refractivity contribution in [2.24, 2.45) is 5.41 Å². The number of ether oxygens (including phenoxy) is 2. The van der Waals surface area contributed by atoms with Crippen LogP contribution in [0.15, 0.2) is 72.9 Å². The first-order chi connectivity index (χ1) is 20.7. The molecule has 0 aliphatic heterocycles. The summed E-state index contributed by atoms with van der Waals surface area (Å²) in [5, 5.41) is 3.56. The largest absolute Gasteiger partial charge is 0.496 e. The van der Waals surface area contributed by atoms with Crippen LogP contribution in [0.25, 0.3) is 10.9 Å². The lowest BCUT2D eigenvalue weighted by Gasteiger charge is -2.15. The van der Waals surface area contributed by atoms with Gasteiger partial charge in [-0.2, -0.15) is 0 Å². The minimum atomic E-state index is -0.947. The molecule has 1 amide bonds. The topological polar surface area (TPSA) is 97.8 Å². The Balaban J connectivity index is 1.27. The van der Waals surface area contributed by atoms with Gasteiger partial charge >= 0.3 is 0 Å². The highest BCUT2D eigenvalue weighted by molar-refractivity contribution is 6.11. The molecule has 1 saturated carbocycles. The zero-order valence-electron chi connectivity index (χ0n) is 24.5. The van der Waals surface area contributed by atoms with Gasteiger partial charge < -0.3 is 19.7 Å². The molecule has 3 aromatic carbocycles. The van der Waals surface area contributed by atoms with Gasteiger partial charge in [0.25, 0.3) is 5.91 Å². The lowest BCUT2D eigenvalue weighted by molar-refractivity contribution is -0.133. The lowest BCUT2D eigenvalue weighted by atomic mass is 9.88. The summed E-state index contributed by atoms with van der Waals surface area (Å²) in [7, 11) is 5.38. The molecule has 0 spiro atoms. The Kier molecular flexibility index (Phi) is 8.82. The molecule has 1 N–H and O–H groups in total. The van der Waals surface area contributed by atoms with Crippen molar-refractivity contribution < 1.29 is 28.2 Å². The molecule has 43 heavy (non-hydrogen) atoms.